The van der Waals surface area contributed by atoms with Crippen molar-refractivity contribution in [3.8, 4) is 0 Å². The molecule has 0 aromatic heterocycles. The molecule has 0 radical (unpaired) electrons. The van der Waals surface area contributed by atoms with Crippen LogP contribution in [0.15, 0.2) is 30.3 Å². The standard InChI is InChI=1S/C16H23NO2/c1-4-19-15(18)14-11-17(12-16(14,2)3)10-13-8-6-5-7-9-13/h5-9,14H,4,10-12H2,1-3H3/t14-/m1/s1. The minimum atomic E-state index is -0.0527. The molecule has 0 bridgehead atoms. The Hall–Kier alpha value is -1.35. The smallest absolute Gasteiger partial charge is 0.310 e. The van der Waals surface area contributed by atoms with E-state index in [0.717, 1.165) is 19.6 Å². The molecule has 0 amide bonds. The molecule has 0 N–H and O–H groups in total. The molecular formula is C16H23NO2. The van der Waals surface area contributed by atoms with Crippen molar-refractivity contribution >= 4 is 5.97 Å². The lowest BCUT2D eigenvalue weighted by molar-refractivity contribution is -0.150. The number of hydrogen-bond acceptors (Lipinski definition) is 3. The van der Waals surface area contributed by atoms with Gasteiger partial charge in [0.15, 0.2) is 0 Å². The zero-order valence-electron chi connectivity index (χ0n) is 12.1. The van der Waals surface area contributed by atoms with Gasteiger partial charge in [-0.1, -0.05) is 44.2 Å². The number of carbonyl (C=O) groups excluding carboxylic acids is 1. The summed E-state index contributed by atoms with van der Waals surface area (Å²) in [5.74, 6) is -0.0702. The maximum absolute atomic E-state index is 12.0. The number of esters is 1. The number of carbonyl (C=O) groups is 1. The van der Waals surface area contributed by atoms with Crippen molar-refractivity contribution in [1.82, 2.24) is 4.90 Å². The molecule has 3 heteroatoms. The molecule has 1 aliphatic heterocycles. The molecule has 104 valence electrons. The molecule has 0 saturated carbocycles. The summed E-state index contributed by atoms with van der Waals surface area (Å²) in [6.07, 6.45) is 0. The highest BCUT2D eigenvalue weighted by Crippen LogP contribution is 2.36. The summed E-state index contributed by atoms with van der Waals surface area (Å²) >= 11 is 0. The molecule has 0 aliphatic carbocycles. The van der Waals surface area contributed by atoms with E-state index >= 15 is 0 Å². The van der Waals surface area contributed by atoms with Gasteiger partial charge in [0, 0.05) is 19.6 Å². The maximum atomic E-state index is 12.0. The van der Waals surface area contributed by atoms with Gasteiger partial charge in [0.05, 0.1) is 12.5 Å². The summed E-state index contributed by atoms with van der Waals surface area (Å²) in [4.78, 5) is 14.4. The van der Waals surface area contributed by atoms with Gasteiger partial charge in [-0.3, -0.25) is 9.69 Å². The summed E-state index contributed by atoms with van der Waals surface area (Å²) in [6.45, 7) is 9.26. The highest BCUT2D eigenvalue weighted by Gasteiger charge is 2.44. The predicted molar refractivity (Wildman–Crippen MR) is 75.6 cm³/mol. The lowest BCUT2D eigenvalue weighted by Gasteiger charge is -2.23. The molecule has 0 unspecified atom stereocenters. The molecule has 19 heavy (non-hydrogen) atoms. The van der Waals surface area contributed by atoms with Gasteiger partial charge in [0.25, 0.3) is 0 Å². The molecule has 1 heterocycles. The van der Waals surface area contributed by atoms with Gasteiger partial charge in [0.2, 0.25) is 0 Å². The summed E-state index contributed by atoms with van der Waals surface area (Å²) in [5.41, 5.74) is 1.28. The van der Waals surface area contributed by atoms with Crippen LogP contribution in [0.4, 0.5) is 0 Å². The number of likely N-dealkylation sites (tertiary alicyclic amines) is 1. The van der Waals surface area contributed by atoms with Crippen molar-refractivity contribution in [2.24, 2.45) is 11.3 Å². The Morgan fingerprint density at radius 1 is 1.37 bits per heavy atom. The SMILES string of the molecule is CCOC(=O)[C@H]1CN(Cc2ccccc2)CC1(C)C. The van der Waals surface area contributed by atoms with Crippen LogP contribution in [0.5, 0.6) is 0 Å². The van der Waals surface area contributed by atoms with E-state index < -0.39 is 0 Å². The average Bonchev–Trinajstić information content (AvgIpc) is 2.66. The van der Waals surface area contributed by atoms with E-state index in [-0.39, 0.29) is 17.3 Å². The fourth-order valence-corrected chi connectivity index (χ4v) is 2.85. The minimum absolute atomic E-state index is 0.0129. The Morgan fingerprint density at radius 2 is 2.05 bits per heavy atom. The molecule has 0 spiro atoms. The van der Waals surface area contributed by atoms with E-state index in [2.05, 4.69) is 43.0 Å². The number of hydrogen-bond donors (Lipinski definition) is 0. The molecule has 1 aliphatic rings. The predicted octanol–water partition coefficient (Wildman–Crippen LogP) is 2.71. The van der Waals surface area contributed by atoms with E-state index in [1.807, 2.05) is 13.0 Å². The van der Waals surface area contributed by atoms with Gasteiger partial charge in [-0.15, -0.1) is 0 Å². The summed E-state index contributed by atoms with van der Waals surface area (Å²) in [5, 5.41) is 0. The molecule has 1 aromatic rings. The second-order valence-electron chi connectivity index (χ2n) is 5.95. The van der Waals surface area contributed by atoms with Gasteiger partial charge in [-0.05, 0) is 17.9 Å². The van der Waals surface area contributed by atoms with Crippen LogP contribution < -0.4 is 0 Å². The van der Waals surface area contributed by atoms with E-state index in [1.165, 1.54) is 5.56 Å². The first-order valence-electron chi connectivity index (χ1n) is 6.96. The number of rotatable bonds is 4. The van der Waals surface area contributed by atoms with Crippen LogP contribution in [-0.4, -0.2) is 30.6 Å². The quantitative estimate of drug-likeness (QED) is 0.780. The topological polar surface area (TPSA) is 29.5 Å². The van der Waals surface area contributed by atoms with Gasteiger partial charge in [-0.2, -0.15) is 0 Å². The first-order valence-corrected chi connectivity index (χ1v) is 6.96. The largest absolute Gasteiger partial charge is 0.466 e. The van der Waals surface area contributed by atoms with Crippen LogP contribution in [0, 0.1) is 11.3 Å². The van der Waals surface area contributed by atoms with Gasteiger partial charge < -0.3 is 4.74 Å². The third kappa shape index (κ3) is 3.35. The zero-order valence-corrected chi connectivity index (χ0v) is 12.1. The number of benzene rings is 1. The molecule has 1 saturated heterocycles. The molecule has 1 atom stereocenters. The van der Waals surface area contributed by atoms with E-state index in [4.69, 9.17) is 4.74 Å². The molecule has 1 fully saturated rings. The van der Waals surface area contributed by atoms with Crippen LogP contribution in [0.2, 0.25) is 0 Å². The Balaban J connectivity index is 2.01. The van der Waals surface area contributed by atoms with E-state index in [1.54, 1.807) is 0 Å². The third-order valence-electron chi connectivity index (χ3n) is 3.84. The first-order chi connectivity index (χ1) is 9.03. The number of nitrogens with zero attached hydrogens (tertiary/aromatic N) is 1. The van der Waals surface area contributed by atoms with Crippen LogP contribution >= 0.6 is 0 Å². The summed E-state index contributed by atoms with van der Waals surface area (Å²) < 4.78 is 5.19. The average molecular weight is 261 g/mol. The van der Waals surface area contributed by atoms with Crippen LogP contribution in [0.25, 0.3) is 0 Å². The van der Waals surface area contributed by atoms with E-state index in [9.17, 15) is 4.79 Å². The van der Waals surface area contributed by atoms with Crippen molar-refractivity contribution in [3.05, 3.63) is 35.9 Å². The fraction of sp³-hybridized carbons (Fsp3) is 0.562. The molecule has 2 rings (SSSR count). The van der Waals surface area contributed by atoms with Crippen LogP contribution in [-0.2, 0) is 16.1 Å². The fourth-order valence-electron chi connectivity index (χ4n) is 2.85. The van der Waals surface area contributed by atoms with Gasteiger partial charge in [-0.25, -0.2) is 0 Å². The van der Waals surface area contributed by atoms with Gasteiger partial charge in [0.1, 0.15) is 0 Å². The van der Waals surface area contributed by atoms with Crippen molar-refractivity contribution in [3.63, 3.8) is 0 Å². The Kier molecular flexibility index (Phi) is 4.25. The number of ether oxygens (including phenoxy) is 1. The van der Waals surface area contributed by atoms with Crippen LogP contribution in [0.3, 0.4) is 0 Å². The van der Waals surface area contributed by atoms with Crippen molar-refractivity contribution in [1.29, 1.82) is 0 Å². The normalized spacial score (nSPS) is 22.4. The second-order valence-corrected chi connectivity index (χ2v) is 5.95. The summed E-state index contributed by atoms with van der Waals surface area (Å²) in [6, 6.07) is 10.4. The highest BCUT2D eigenvalue weighted by molar-refractivity contribution is 5.74. The van der Waals surface area contributed by atoms with E-state index in [0.29, 0.717) is 6.61 Å². The monoisotopic (exact) mass is 261 g/mol. The van der Waals surface area contributed by atoms with Crippen molar-refractivity contribution in [2.75, 3.05) is 19.7 Å². The third-order valence-corrected chi connectivity index (χ3v) is 3.84. The first kappa shape index (κ1) is 14.1. The second kappa shape index (κ2) is 5.74. The summed E-state index contributed by atoms with van der Waals surface area (Å²) in [7, 11) is 0. The molecule has 1 aromatic carbocycles. The Morgan fingerprint density at radius 3 is 2.68 bits per heavy atom. The Bertz CT molecular complexity index is 428. The minimum Gasteiger partial charge on any atom is -0.466 e. The molecular weight excluding hydrogens is 238 g/mol. The Labute approximate surface area is 115 Å². The maximum Gasteiger partial charge on any atom is 0.310 e. The lowest BCUT2D eigenvalue weighted by Crippen LogP contribution is -2.30. The van der Waals surface area contributed by atoms with Crippen molar-refractivity contribution in [2.45, 2.75) is 27.3 Å². The van der Waals surface area contributed by atoms with Crippen LogP contribution in [0.1, 0.15) is 26.3 Å². The van der Waals surface area contributed by atoms with Crippen molar-refractivity contribution < 1.29 is 9.53 Å². The highest BCUT2D eigenvalue weighted by atomic mass is 16.5. The molecule has 3 nitrogen and oxygen atoms in total. The lowest BCUT2D eigenvalue weighted by atomic mass is 9.82. The zero-order chi connectivity index (χ0) is 13.9. The van der Waals surface area contributed by atoms with Gasteiger partial charge >= 0.3 is 5.97 Å².